The molecule has 2 atom stereocenters. The van der Waals surface area contributed by atoms with E-state index in [0.717, 1.165) is 5.56 Å². The maximum Gasteiger partial charge on any atom is 0.347 e. The summed E-state index contributed by atoms with van der Waals surface area (Å²) in [5, 5.41) is 9.73. The molecule has 106 valence electrons. The minimum Gasteiger partial charge on any atom is -0.478 e. The number of rotatable bonds is 6. The van der Waals surface area contributed by atoms with Crippen molar-refractivity contribution < 1.29 is 19.4 Å². The lowest BCUT2D eigenvalue weighted by atomic mass is 10.1. The summed E-state index contributed by atoms with van der Waals surface area (Å²) in [6.45, 7) is 7.56. The van der Waals surface area contributed by atoms with Crippen LogP contribution in [0.15, 0.2) is 18.2 Å². The van der Waals surface area contributed by atoms with Gasteiger partial charge in [0, 0.05) is 5.56 Å². The van der Waals surface area contributed by atoms with Crippen LogP contribution in [0.25, 0.3) is 0 Å². The lowest BCUT2D eigenvalue weighted by Gasteiger charge is -2.19. The fourth-order valence-electron chi connectivity index (χ4n) is 1.78. The number of hydrogen-bond donors (Lipinski definition) is 1. The smallest absolute Gasteiger partial charge is 0.347 e. The van der Waals surface area contributed by atoms with Crippen LogP contribution in [0.3, 0.4) is 0 Å². The van der Waals surface area contributed by atoms with Gasteiger partial charge in [0.2, 0.25) is 0 Å². The molecule has 0 radical (unpaired) electrons. The maximum absolute atomic E-state index is 11.7. The maximum atomic E-state index is 11.7. The molecule has 19 heavy (non-hydrogen) atoms. The molecule has 0 aliphatic heterocycles. The second kappa shape index (κ2) is 7.14. The summed E-state index contributed by atoms with van der Waals surface area (Å²) in [5.74, 6) is 0.165. The molecule has 1 rings (SSSR count). The number of carbonyl (C=O) groups excluding carboxylic acids is 1. The number of aliphatic hydroxyl groups is 1. The van der Waals surface area contributed by atoms with Gasteiger partial charge in [-0.05, 0) is 38.8 Å². The zero-order valence-electron chi connectivity index (χ0n) is 12.0. The highest BCUT2D eigenvalue weighted by Crippen LogP contribution is 2.27. The minimum absolute atomic E-state index is 0.329. The summed E-state index contributed by atoms with van der Waals surface area (Å²) in [5.41, 5.74) is 1.69. The third-order valence-electron chi connectivity index (χ3n) is 2.81. The van der Waals surface area contributed by atoms with Crippen molar-refractivity contribution in [1.29, 1.82) is 0 Å². The molecule has 1 aromatic carbocycles. The Hall–Kier alpha value is -1.55. The Morgan fingerprint density at radius 1 is 1.37 bits per heavy atom. The number of benzene rings is 1. The van der Waals surface area contributed by atoms with Gasteiger partial charge in [-0.2, -0.15) is 0 Å². The van der Waals surface area contributed by atoms with Crippen LogP contribution in [0.4, 0.5) is 0 Å². The molecule has 4 nitrogen and oxygen atoms in total. The van der Waals surface area contributed by atoms with Crippen molar-refractivity contribution in [3.8, 4) is 5.75 Å². The molecule has 0 aromatic heterocycles. The molecule has 0 amide bonds. The molecular formula is C15H22O4. The number of ether oxygens (including phenoxy) is 2. The van der Waals surface area contributed by atoms with Crippen molar-refractivity contribution in [2.75, 3.05) is 6.61 Å². The Morgan fingerprint density at radius 2 is 2.05 bits per heavy atom. The molecule has 0 heterocycles. The van der Waals surface area contributed by atoms with Gasteiger partial charge in [0.05, 0.1) is 12.7 Å². The van der Waals surface area contributed by atoms with E-state index in [9.17, 15) is 9.90 Å². The minimum atomic E-state index is -0.643. The molecule has 0 fully saturated rings. The Morgan fingerprint density at radius 3 is 2.58 bits per heavy atom. The molecule has 0 bridgehead atoms. The van der Waals surface area contributed by atoms with E-state index in [4.69, 9.17) is 9.47 Å². The predicted octanol–water partition coefficient (Wildman–Crippen LogP) is 2.77. The standard InChI is InChI=1S/C15H22O4/c1-5-13(15(17)18-6-2)19-14-9-10(3)7-8-12(14)11(4)16/h7-9,11,13,16H,5-6H2,1-4H3/t11-,13?/m1/s1. The zero-order valence-corrected chi connectivity index (χ0v) is 12.0. The zero-order chi connectivity index (χ0) is 14.4. The molecule has 4 heteroatoms. The van der Waals surface area contributed by atoms with Gasteiger partial charge in [0.15, 0.2) is 6.10 Å². The average Bonchev–Trinajstić information content (AvgIpc) is 2.35. The van der Waals surface area contributed by atoms with Gasteiger partial charge in [-0.3, -0.25) is 0 Å². The summed E-state index contributed by atoms with van der Waals surface area (Å²) >= 11 is 0. The number of aliphatic hydroxyl groups excluding tert-OH is 1. The Bertz CT molecular complexity index is 426. The van der Waals surface area contributed by atoms with E-state index < -0.39 is 12.2 Å². The fourth-order valence-corrected chi connectivity index (χ4v) is 1.78. The third-order valence-corrected chi connectivity index (χ3v) is 2.81. The van der Waals surface area contributed by atoms with Crippen LogP contribution < -0.4 is 4.74 Å². The molecule has 1 aromatic rings. The normalized spacial score (nSPS) is 13.7. The first-order valence-corrected chi connectivity index (χ1v) is 6.61. The molecule has 0 aliphatic rings. The molecule has 0 aliphatic carbocycles. The van der Waals surface area contributed by atoms with E-state index in [1.54, 1.807) is 13.8 Å². The van der Waals surface area contributed by atoms with E-state index >= 15 is 0 Å². The van der Waals surface area contributed by atoms with Crippen LogP contribution in [-0.2, 0) is 9.53 Å². The SMILES string of the molecule is CCOC(=O)C(CC)Oc1cc(C)ccc1[C@@H](C)O. The van der Waals surface area contributed by atoms with Gasteiger partial charge in [-0.15, -0.1) is 0 Å². The van der Waals surface area contributed by atoms with Crippen LogP contribution in [-0.4, -0.2) is 23.8 Å². The summed E-state index contributed by atoms with van der Waals surface area (Å²) in [6, 6.07) is 5.54. The van der Waals surface area contributed by atoms with Crippen molar-refractivity contribution in [3.05, 3.63) is 29.3 Å². The van der Waals surface area contributed by atoms with Gasteiger partial charge in [0.25, 0.3) is 0 Å². The summed E-state index contributed by atoms with van der Waals surface area (Å²) in [6.07, 6.45) is -0.763. The first-order chi connectivity index (χ1) is 8.99. The van der Waals surface area contributed by atoms with Crippen LogP contribution in [0.2, 0.25) is 0 Å². The number of esters is 1. The van der Waals surface area contributed by atoms with Crippen molar-refractivity contribution in [2.45, 2.75) is 46.3 Å². The molecule has 0 spiro atoms. The van der Waals surface area contributed by atoms with Gasteiger partial charge in [-0.1, -0.05) is 19.1 Å². The molecule has 1 unspecified atom stereocenters. The number of carbonyl (C=O) groups is 1. The highest BCUT2D eigenvalue weighted by atomic mass is 16.6. The van der Waals surface area contributed by atoms with E-state index in [-0.39, 0.29) is 5.97 Å². The van der Waals surface area contributed by atoms with Gasteiger partial charge in [0.1, 0.15) is 5.75 Å². The van der Waals surface area contributed by atoms with Crippen LogP contribution in [0, 0.1) is 6.92 Å². The molecule has 0 saturated heterocycles. The lowest BCUT2D eigenvalue weighted by Crippen LogP contribution is -2.29. The second-order valence-electron chi connectivity index (χ2n) is 4.48. The van der Waals surface area contributed by atoms with Crippen LogP contribution >= 0.6 is 0 Å². The fraction of sp³-hybridized carbons (Fsp3) is 0.533. The van der Waals surface area contributed by atoms with Gasteiger partial charge >= 0.3 is 5.97 Å². The monoisotopic (exact) mass is 266 g/mol. The van der Waals surface area contributed by atoms with Crippen molar-refractivity contribution in [2.24, 2.45) is 0 Å². The summed E-state index contributed by atoms with van der Waals surface area (Å²) < 4.78 is 10.7. The lowest BCUT2D eigenvalue weighted by molar-refractivity contribution is -0.151. The number of hydrogen-bond acceptors (Lipinski definition) is 4. The predicted molar refractivity (Wildman–Crippen MR) is 73.2 cm³/mol. The third kappa shape index (κ3) is 4.24. The first kappa shape index (κ1) is 15.5. The summed E-state index contributed by atoms with van der Waals surface area (Å²) in [4.78, 5) is 11.7. The largest absolute Gasteiger partial charge is 0.478 e. The summed E-state index contributed by atoms with van der Waals surface area (Å²) in [7, 11) is 0. The van der Waals surface area contributed by atoms with Gasteiger partial charge < -0.3 is 14.6 Å². The average molecular weight is 266 g/mol. The Balaban J connectivity index is 2.95. The topological polar surface area (TPSA) is 55.8 Å². The van der Waals surface area contributed by atoms with Gasteiger partial charge in [-0.25, -0.2) is 4.79 Å². The quantitative estimate of drug-likeness (QED) is 0.804. The van der Waals surface area contributed by atoms with E-state index in [0.29, 0.717) is 24.3 Å². The van der Waals surface area contributed by atoms with Crippen LogP contribution in [0.1, 0.15) is 44.4 Å². The van der Waals surface area contributed by atoms with E-state index in [1.807, 2.05) is 32.0 Å². The van der Waals surface area contributed by atoms with E-state index in [1.165, 1.54) is 0 Å². The van der Waals surface area contributed by atoms with Crippen molar-refractivity contribution in [3.63, 3.8) is 0 Å². The molecular weight excluding hydrogens is 244 g/mol. The molecule has 0 saturated carbocycles. The number of aryl methyl sites for hydroxylation is 1. The van der Waals surface area contributed by atoms with Crippen molar-refractivity contribution in [1.82, 2.24) is 0 Å². The van der Waals surface area contributed by atoms with Crippen LogP contribution in [0.5, 0.6) is 5.75 Å². The van der Waals surface area contributed by atoms with E-state index in [2.05, 4.69) is 0 Å². The second-order valence-corrected chi connectivity index (χ2v) is 4.48. The highest BCUT2D eigenvalue weighted by molar-refractivity contribution is 5.75. The first-order valence-electron chi connectivity index (χ1n) is 6.61. The Labute approximate surface area is 114 Å². The molecule has 1 N–H and O–H groups in total. The highest BCUT2D eigenvalue weighted by Gasteiger charge is 2.21. The van der Waals surface area contributed by atoms with Crippen molar-refractivity contribution >= 4 is 5.97 Å². The Kier molecular flexibility index (Phi) is 5.83.